The molecule has 2 nitrogen and oxygen atoms in total. The largest absolute Gasteiger partial charge is 0.302 e. The summed E-state index contributed by atoms with van der Waals surface area (Å²) in [6.45, 7) is 5.71. The van der Waals surface area contributed by atoms with Crippen molar-refractivity contribution < 1.29 is 4.79 Å². The van der Waals surface area contributed by atoms with Gasteiger partial charge in [0.15, 0.2) is 0 Å². The van der Waals surface area contributed by atoms with Crippen molar-refractivity contribution in [3.05, 3.63) is 35.9 Å². The van der Waals surface area contributed by atoms with Crippen LogP contribution in [0, 0.1) is 0 Å². The maximum Gasteiger partial charge on any atom is 0.133 e. The Kier molecular flexibility index (Phi) is 5.05. The van der Waals surface area contributed by atoms with Gasteiger partial charge in [-0.15, -0.1) is 0 Å². The van der Waals surface area contributed by atoms with Gasteiger partial charge in [-0.3, -0.25) is 4.90 Å². The second-order valence-electron chi connectivity index (χ2n) is 3.79. The zero-order valence-corrected chi connectivity index (χ0v) is 9.52. The smallest absolute Gasteiger partial charge is 0.133 e. The highest BCUT2D eigenvalue weighted by Crippen LogP contribution is 2.07. The first-order valence-corrected chi connectivity index (χ1v) is 5.49. The molecule has 0 spiro atoms. The van der Waals surface area contributed by atoms with Crippen LogP contribution in [0.5, 0.6) is 0 Å². The van der Waals surface area contributed by atoms with Crippen LogP contribution in [-0.4, -0.2) is 30.3 Å². The number of carbonyl (C=O) groups is 1. The van der Waals surface area contributed by atoms with Crippen LogP contribution in [0.2, 0.25) is 0 Å². The normalized spacial score (nSPS) is 12.7. The SMILES string of the molecule is CCN(CC=O)C(C)Cc1ccccc1. The van der Waals surface area contributed by atoms with Gasteiger partial charge in [0.05, 0.1) is 6.54 Å². The summed E-state index contributed by atoms with van der Waals surface area (Å²) in [7, 11) is 0. The van der Waals surface area contributed by atoms with Crippen molar-refractivity contribution in [1.29, 1.82) is 0 Å². The lowest BCUT2D eigenvalue weighted by Crippen LogP contribution is -2.35. The fraction of sp³-hybridized carbons (Fsp3) is 0.462. The first-order chi connectivity index (χ1) is 7.27. The molecular formula is C13H19NO. The Morgan fingerprint density at radius 2 is 2.00 bits per heavy atom. The predicted molar refractivity (Wildman–Crippen MR) is 62.9 cm³/mol. The monoisotopic (exact) mass is 205 g/mol. The maximum atomic E-state index is 10.5. The minimum absolute atomic E-state index is 0.419. The van der Waals surface area contributed by atoms with E-state index in [4.69, 9.17) is 0 Å². The summed E-state index contributed by atoms with van der Waals surface area (Å²) in [6.07, 6.45) is 1.98. The van der Waals surface area contributed by atoms with E-state index >= 15 is 0 Å². The molecule has 1 atom stereocenters. The molecule has 0 aliphatic rings. The van der Waals surface area contributed by atoms with Gasteiger partial charge in [-0.25, -0.2) is 0 Å². The summed E-state index contributed by atoms with van der Waals surface area (Å²) in [5.41, 5.74) is 1.33. The zero-order valence-electron chi connectivity index (χ0n) is 9.52. The molecule has 1 rings (SSSR count). The number of rotatable bonds is 6. The Morgan fingerprint density at radius 1 is 1.33 bits per heavy atom. The Bertz CT molecular complexity index is 284. The fourth-order valence-corrected chi connectivity index (χ4v) is 1.80. The summed E-state index contributed by atoms with van der Waals surface area (Å²) < 4.78 is 0. The lowest BCUT2D eigenvalue weighted by molar-refractivity contribution is -0.109. The van der Waals surface area contributed by atoms with Crippen LogP contribution in [0.1, 0.15) is 19.4 Å². The van der Waals surface area contributed by atoms with Crippen molar-refractivity contribution in [3.63, 3.8) is 0 Å². The number of benzene rings is 1. The van der Waals surface area contributed by atoms with E-state index < -0.39 is 0 Å². The second-order valence-corrected chi connectivity index (χ2v) is 3.79. The van der Waals surface area contributed by atoms with Gasteiger partial charge in [0.25, 0.3) is 0 Å². The molecular weight excluding hydrogens is 186 g/mol. The molecule has 0 aliphatic carbocycles. The van der Waals surface area contributed by atoms with Crippen LogP contribution >= 0.6 is 0 Å². The highest BCUT2D eigenvalue weighted by atomic mass is 16.1. The molecule has 1 aromatic rings. The Balaban J connectivity index is 2.53. The van der Waals surface area contributed by atoms with Crippen LogP contribution in [0.4, 0.5) is 0 Å². The predicted octanol–water partition coefficient (Wildman–Crippen LogP) is 2.14. The van der Waals surface area contributed by atoms with E-state index in [2.05, 4.69) is 43.0 Å². The van der Waals surface area contributed by atoms with Gasteiger partial charge in [-0.1, -0.05) is 37.3 Å². The minimum atomic E-state index is 0.419. The topological polar surface area (TPSA) is 20.3 Å². The van der Waals surface area contributed by atoms with E-state index in [0.717, 1.165) is 19.3 Å². The molecule has 0 heterocycles. The van der Waals surface area contributed by atoms with Crippen molar-refractivity contribution in [2.75, 3.05) is 13.1 Å². The molecule has 0 fully saturated rings. The number of nitrogens with zero attached hydrogens (tertiary/aromatic N) is 1. The number of likely N-dealkylation sites (N-methyl/N-ethyl adjacent to an activating group) is 1. The van der Waals surface area contributed by atoms with Gasteiger partial charge >= 0.3 is 0 Å². The third kappa shape index (κ3) is 3.84. The number of hydrogen-bond acceptors (Lipinski definition) is 2. The molecule has 82 valence electrons. The van der Waals surface area contributed by atoms with E-state index in [-0.39, 0.29) is 0 Å². The van der Waals surface area contributed by atoms with Gasteiger partial charge in [0, 0.05) is 6.04 Å². The van der Waals surface area contributed by atoms with Gasteiger partial charge in [-0.05, 0) is 25.5 Å². The third-order valence-electron chi connectivity index (χ3n) is 2.71. The summed E-state index contributed by atoms with van der Waals surface area (Å²) in [6, 6.07) is 10.8. The lowest BCUT2D eigenvalue weighted by Gasteiger charge is -2.25. The van der Waals surface area contributed by atoms with Crippen LogP contribution in [0.3, 0.4) is 0 Å². The molecule has 0 N–H and O–H groups in total. The van der Waals surface area contributed by atoms with Gasteiger partial charge in [-0.2, -0.15) is 0 Å². The molecule has 0 aliphatic heterocycles. The van der Waals surface area contributed by atoms with E-state index in [0.29, 0.717) is 12.6 Å². The lowest BCUT2D eigenvalue weighted by atomic mass is 10.1. The molecule has 1 aromatic carbocycles. The number of carbonyl (C=O) groups excluding carboxylic acids is 1. The Morgan fingerprint density at radius 3 is 2.53 bits per heavy atom. The molecule has 0 bridgehead atoms. The summed E-state index contributed by atoms with van der Waals surface area (Å²) in [4.78, 5) is 12.7. The van der Waals surface area contributed by atoms with E-state index in [1.165, 1.54) is 5.56 Å². The average molecular weight is 205 g/mol. The minimum Gasteiger partial charge on any atom is -0.302 e. The van der Waals surface area contributed by atoms with Crippen LogP contribution < -0.4 is 0 Å². The van der Waals surface area contributed by atoms with Crippen molar-refractivity contribution in [3.8, 4) is 0 Å². The van der Waals surface area contributed by atoms with Crippen LogP contribution in [0.25, 0.3) is 0 Å². The summed E-state index contributed by atoms with van der Waals surface area (Å²) in [5, 5.41) is 0. The van der Waals surface area contributed by atoms with Crippen molar-refractivity contribution in [2.45, 2.75) is 26.3 Å². The molecule has 0 amide bonds. The number of hydrogen-bond donors (Lipinski definition) is 0. The zero-order chi connectivity index (χ0) is 11.1. The molecule has 0 saturated carbocycles. The maximum absolute atomic E-state index is 10.5. The highest BCUT2D eigenvalue weighted by Gasteiger charge is 2.11. The summed E-state index contributed by atoms with van der Waals surface area (Å²) >= 11 is 0. The Hall–Kier alpha value is -1.15. The van der Waals surface area contributed by atoms with Crippen LogP contribution in [-0.2, 0) is 11.2 Å². The van der Waals surface area contributed by atoms with Gasteiger partial charge in [0.2, 0.25) is 0 Å². The van der Waals surface area contributed by atoms with E-state index in [1.807, 2.05) is 6.07 Å². The van der Waals surface area contributed by atoms with Crippen LogP contribution in [0.15, 0.2) is 30.3 Å². The highest BCUT2D eigenvalue weighted by molar-refractivity contribution is 5.52. The first-order valence-electron chi connectivity index (χ1n) is 5.49. The fourth-order valence-electron chi connectivity index (χ4n) is 1.80. The van der Waals surface area contributed by atoms with Crippen molar-refractivity contribution in [1.82, 2.24) is 4.90 Å². The van der Waals surface area contributed by atoms with Crippen molar-refractivity contribution >= 4 is 6.29 Å². The molecule has 0 aromatic heterocycles. The molecule has 1 unspecified atom stereocenters. The molecule has 15 heavy (non-hydrogen) atoms. The van der Waals surface area contributed by atoms with Gasteiger partial charge < -0.3 is 4.79 Å². The second kappa shape index (κ2) is 6.36. The standard InChI is InChI=1S/C13H19NO/c1-3-14(9-10-15)12(2)11-13-7-5-4-6-8-13/h4-8,10,12H,3,9,11H2,1-2H3. The van der Waals surface area contributed by atoms with E-state index in [1.54, 1.807) is 0 Å². The average Bonchev–Trinajstić information content (AvgIpc) is 2.27. The third-order valence-corrected chi connectivity index (χ3v) is 2.71. The number of aldehydes is 1. The molecule has 0 saturated heterocycles. The first kappa shape index (κ1) is 11.9. The molecule has 0 radical (unpaired) electrons. The Labute approximate surface area is 91.9 Å². The van der Waals surface area contributed by atoms with Crippen molar-refractivity contribution in [2.24, 2.45) is 0 Å². The molecule has 2 heteroatoms. The van der Waals surface area contributed by atoms with E-state index in [9.17, 15) is 4.79 Å². The van der Waals surface area contributed by atoms with Gasteiger partial charge in [0.1, 0.15) is 6.29 Å². The quantitative estimate of drug-likeness (QED) is 0.663. The summed E-state index contributed by atoms with van der Waals surface area (Å²) in [5.74, 6) is 0.